The third-order valence-electron chi connectivity index (χ3n) is 4.35. The van der Waals surface area contributed by atoms with Crippen LogP contribution < -0.4 is 5.32 Å². The van der Waals surface area contributed by atoms with Crippen LogP contribution in [0.5, 0.6) is 0 Å². The molecule has 0 radical (unpaired) electrons. The van der Waals surface area contributed by atoms with Crippen molar-refractivity contribution in [2.24, 2.45) is 5.92 Å². The Labute approximate surface area is 163 Å². The third kappa shape index (κ3) is 5.49. The lowest BCUT2D eigenvalue weighted by Gasteiger charge is -2.21. The maximum atomic E-state index is 13.0. The summed E-state index contributed by atoms with van der Waals surface area (Å²) in [4.78, 5) is 37.1. The number of Topliss-reactive ketones (excluding diaryl/α,β-unsaturated/α-hetero) is 1. The van der Waals surface area contributed by atoms with Gasteiger partial charge in [0, 0.05) is 11.1 Å². The highest BCUT2D eigenvalue weighted by Gasteiger charge is 2.27. The maximum Gasteiger partial charge on any atom is 0.329 e. The van der Waals surface area contributed by atoms with E-state index in [4.69, 9.17) is 4.74 Å². The molecule has 0 aliphatic heterocycles. The van der Waals surface area contributed by atoms with Crippen LogP contribution in [-0.2, 0) is 9.53 Å². The Bertz CT molecular complexity index is 875. The second-order valence-corrected chi connectivity index (χ2v) is 7.05. The van der Waals surface area contributed by atoms with Crippen LogP contribution >= 0.6 is 0 Å². The molecule has 0 heterocycles. The van der Waals surface area contributed by atoms with Crippen LogP contribution in [0.2, 0.25) is 0 Å². The summed E-state index contributed by atoms with van der Waals surface area (Å²) in [5.74, 6) is -2.23. The second kappa shape index (κ2) is 9.26. The van der Waals surface area contributed by atoms with Gasteiger partial charge in [0.2, 0.25) is 5.78 Å². The summed E-state index contributed by atoms with van der Waals surface area (Å²) >= 11 is 0. The number of aryl methyl sites for hydroxylation is 2. The van der Waals surface area contributed by atoms with Gasteiger partial charge in [-0.2, -0.15) is 0 Å². The van der Waals surface area contributed by atoms with Crippen LogP contribution in [0.1, 0.15) is 45.7 Å². The Kier molecular flexibility index (Phi) is 7.04. The number of amides is 1. The van der Waals surface area contributed by atoms with Crippen LogP contribution in [0.3, 0.4) is 0 Å². The van der Waals surface area contributed by atoms with Gasteiger partial charge < -0.3 is 10.1 Å². The standard InChI is InChI=1S/C22H24FNO4/c1-13(2)20(24-21(26)16-7-9-17(23)10-8-16)22(27)28-12-19(25)18-11-14(3)5-6-15(18)4/h5-11,13,20H,12H2,1-4H3,(H,24,26)/t20-/m0/s1. The Balaban J connectivity index is 2.02. The largest absolute Gasteiger partial charge is 0.456 e. The zero-order chi connectivity index (χ0) is 20.8. The lowest BCUT2D eigenvalue weighted by atomic mass is 10.0. The monoisotopic (exact) mass is 385 g/mol. The predicted octanol–water partition coefficient (Wildman–Crippen LogP) is 3.62. The molecule has 1 amide bonds. The van der Waals surface area contributed by atoms with E-state index < -0.39 is 30.3 Å². The number of hydrogen-bond acceptors (Lipinski definition) is 4. The number of carbonyl (C=O) groups is 3. The van der Waals surface area contributed by atoms with E-state index in [0.29, 0.717) is 5.56 Å². The molecule has 1 atom stereocenters. The topological polar surface area (TPSA) is 72.5 Å². The van der Waals surface area contributed by atoms with E-state index in [1.165, 1.54) is 24.3 Å². The van der Waals surface area contributed by atoms with Gasteiger partial charge in [-0.1, -0.05) is 31.5 Å². The summed E-state index contributed by atoms with van der Waals surface area (Å²) in [6.45, 7) is 6.79. The first-order valence-corrected chi connectivity index (χ1v) is 9.02. The molecule has 0 saturated heterocycles. The molecule has 0 unspecified atom stereocenters. The molecular weight excluding hydrogens is 361 g/mol. The molecule has 0 aliphatic carbocycles. The lowest BCUT2D eigenvalue weighted by molar-refractivity contribution is -0.145. The maximum absolute atomic E-state index is 13.0. The van der Waals surface area contributed by atoms with Crippen molar-refractivity contribution in [3.05, 3.63) is 70.5 Å². The van der Waals surface area contributed by atoms with Crippen molar-refractivity contribution in [1.82, 2.24) is 5.32 Å². The average Bonchev–Trinajstić information content (AvgIpc) is 2.65. The fourth-order valence-corrected chi connectivity index (χ4v) is 2.66. The highest BCUT2D eigenvalue weighted by molar-refractivity contribution is 6.00. The van der Waals surface area contributed by atoms with Gasteiger partial charge in [-0.15, -0.1) is 0 Å². The smallest absolute Gasteiger partial charge is 0.329 e. The van der Waals surface area contributed by atoms with Crippen LogP contribution in [0, 0.1) is 25.6 Å². The molecule has 0 aliphatic rings. The molecule has 2 aromatic carbocycles. The van der Waals surface area contributed by atoms with Crippen molar-refractivity contribution in [2.45, 2.75) is 33.7 Å². The molecule has 2 aromatic rings. The molecule has 0 aromatic heterocycles. The SMILES string of the molecule is Cc1ccc(C)c(C(=O)COC(=O)[C@@H](NC(=O)c2ccc(F)cc2)C(C)C)c1. The van der Waals surface area contributed by atoms with Gasteiger partial charge in [-0.3, -0.25) is 9.59 Å². The highest BCUT2D eigenvalue weighted by Crippen LogP contribution is 2.13. The quantitative estimate of drug-likeness (QED) is 0.584. The summed E-state index contributed by atoms with van der Waals surface area (Å²) < 4.78 is 18.2. The molecule has 5 nitrogen and oxygen atoms in total. The van der Waals surface area contributed by atoms with Crippen molar-refractivity contribution >= 4 is 17.7 Å². The molecule has 6 heteroatoms. The number of ether oxygens (including phenoxy) is 1. The zero-order valence-corrected chi connectivity index (χ0v) is 16.4. The van der Waals surface area contributed by atoms with E-state index >= 15 is 0 Å². The van der Waals surface area contributed by atoms with Gasteiger partial charge in [-0.05, 0) is 55.7 Å². The fraction of sp³-hybridized carbons (Fsp3) is 0.318. The molecular formula is C22H24FNO4. The van der Waals surface area contributed by atoms with Gasteiger partial charge in [-0.25, -0.2) is 9.18 Å². The molecule has 0 saturated carbocycles. The summed E-state index contributed by atoms with van der Waals surface area (Å²) in [6, 6.07) is 9.56. The van der Waals surface area contributed by atoms with Crippen molar-refractivity contribution in [3.8, 4) is 0 Å². The van der Waals surface area contributed by atoms with Gasteiger partial charge in [0.15, 0.2) is 6.61 Å². The molecule has 0 bridgehead atoms. The zero-order valence-electron chi connectivity index (χ0n) is 16.4. The number of nitrogens with one attached hydrogen (secondary N) is 1. The normalized spacial score (nSPS) is 11.8. The summed E-state index contributed by atoms with van der Waals surface area (Å²) in [7, 11) is 0. The first kappa shape index (κ1) is 21.3. The first-order chi connectivity index (χ1) is 13.2. The van der Waals surface area contributed by atoms with Gasteiger partial charge >= 0.3 is 5.97 Å². The minimum atomic E-state index is -0.927. The number of benzene rings is 2. The van der Waals surface area contributed by atoms with Crippen LogP contribution in [0.15, 0.2) is 42.5 Å². The molecule has 28 heavy (non-hydrogen) atoms. The van der Waals surface area contributed by atoms with Crippen LogP contribution in [0.25, 0.3) is 0 Å². The van der Waals surface area contributed by atoms with Crippen LogP contribution in [-0.4, -0.2) is 30.3 Å². The number of hydrogen-bond donors (Lipinski definition) is 1. The molecule has 1 N–H and O–H groups in total. The van der Waals surface area contributed by atoms with Crippen LogP contribution in [0.4, 0.5) is 4.39 Å². The van der Waals surface area contributed by atoms with E-state index in [0.717, 1.165) is 11.1 Å². The molecule has 148 valence electrons. The van der Waals surface area contributed by atoms with E-state index in [1.54, 1.807) is 19.9 Å². The average molecular weight is 385 g/mol. The minimum absolute atomic E-state index is 0.228. The van der Waals surface area contributed by atoms with Crippen molar-refractivity contribution < 1.29 is 23.5 Å². The summed E-state index contributed by atoms with van der Waals surface area (Å²) in [5, 5.41) is 2.59. The number of ketones is 1. The second-order valence-electron chi connectivity index (χ2n) is 7.05. The van der Waals surface area contributed by atoms with Crippen molar-refractivity contribution in [1.29, 1.82) is 0 Å². The number of halogens is 1. The van der Waals surface area contributed by atoms with E-state index in [2.05, 4.69) is 5.32 Å². The number of carbonyl (C=O) groups excluding carboxylic acids is 3. The fourth-order valence-electron chi connectivity index (χ4n) is 2.66. The first-order valence-electron chi connectivity index (χ1n) is 9.02. The Morgan fingerprint density at radius 1 is 1.04 bits per heavy atom. The van der Waals surface area contributed by atoms with E-state index in [1.807, 2.05) is 26.0 Å². The van der Waals surface area contributed by atoms with E-state index in [9.17, 15) is 18.8 Å². The predicted molar refractivity (Wildman–Crippen MR) is 104 cm³/mol. The third-order valence-corrected chi connectivity index (χ3v) is 4.35. The molecule has 0 spiro atoms. The van der Waals surface area contributed by atoms with Crippen molar-refractivity contribution in [2.75, 3.05) is 6.61 Å². The van der Waals surface area contributed by atoms with E-state index in [-0.39, 0.29) is 17.3 Å². The lowest BCUT2D eigenvalue weighted by Crippen LogP contribution is -2.45. The molecule has 2 rings (SSSR count). The highest BCUT2D eigenvalue weighted by atomic mass is 19.1. The Morgan fingerprint density at radius 3 is 2.29 bits per heavy atom. The molecule has 0 fully saturated rings. The minimum Gasteiger partial charge on any atom is -0.456 e. The Hall–Kier alpha value is -3.02. The Morgan fingerprint density at radius 2 is 1.68 bits per heavy atom. The summed E-state index contributed by atoms with van der Waals surface area (Å²) in [6.07, 6.45) is 0. The van der Waals surface area contributed by atoms with Gasteiger partial charge in [0.25, 0.3) is 5.91 Å². The van der Waals surface area contributed by atoms with Gasteiger partial charge in [0.1, 0.15) is 11.9 Å². The summed E-state index contributed by atoms with van der Waals surface area (Å²) in [5.41, 5.74) is 2.47. The van der Waals surface area contributed by atoms with Gasteiger partial charge in [0.05, 0.1) is 0 Å². The number of esters is 1. The van der Waals surface area contributed by atoms with Crippen molar-refractivity contribution in [3.63, 3.8) is 0 Å². The number of rotatable bonds is 7.